The number of hydrogen-bond acceptors (Lipinski definition) is 2. The molecule has 0 aliphatic carbocycles. The third-order valence-electron chi connectivity index (χ3n) is 3.20. The maximum absolute atomic E-state index is 12.9. The molecule has 0 heterocycles. The number of carbonyl (C=O) groups excluding carboxylic acids is 1. The molecule has 0 saturated heterocycles. The van der Waals surface area contributed by atoms with Crippen molar-refractivity contribution in [3.63, 3.8) is 0 Å². The topological polar surface area (TPSA) is 46.3 Å². The maximum atomic E-state index is 12.9. The molecule has 2 aromatic carbocycles. The third kappa shape index (κ3) is 2.96. The summed E-state index contributed by atoms with van der Waals surface area (Å²) in [5.41, 5.74) is 8.59. The number of amides is 1. The molecule has 4 heteroatoms. The largest absolute Gasteiger partial charge is 0.398 e. The van der Waals surface area contributed by atoms with Crippen LogP contribution in [0.25, 0.3) is 0 Å². The van der Waals surface area contributed by atoms with Crippen LogP contribution in [-0.4, -0.2) is 17.9 Å². The number of hydrogen-bond donors (Lipinski definition) is 1. The fraction of sp³-hybridized carbons (Fsp3) is 0.188. The minimum Gasteiger partial charge on any atom is -0.398 e. The van der Waals surface area contributed by atoms with Crippen molar-refractivity contribution in [2.24, 2.45) is 0 Å². The highest BCUT2D eigenvalue weighted by Crippen LogP contribution is 2.19. The molecule has 0 aromatic heterocycles. The van der Waals surface area contributed by atoms with E-state index >= 15 is 0 Å². The summed E-state index contributed by atoms with van der Waals surface area (Å²) < 4.78 is 12.9. The first-order valence-electron chi connectivity index (χ1n) is 6.34. The number of nitrogens with zero attached hydrogens (tertiary/aromatic N) is 1. The van der Waals surface area contributed by atoms with Gasteiger partial charge in [-0.2, -0.15) is 0 Å². The van der Waals surface area contributed by atoms with E-state index in [2.05, 4.69) is 0 Å². The highest BCUT2D eigenvalue weighted by Gasteiger charge is 2.17. The van der Waals surface area contributed by atoms with Crippen LogP contribution in [0.2, 0.25) is 0 Å². The van der Waals surface area contributed by atoms with Gasteiger partial charge in [-0.25, -0.2) is 4.39 Å². The molecule has 0 atom stereocenters. The van der Waals surface area contributed by atoms with Crippen LogP contribution < -0.4 is 5.73 Å². The first-order valence-corrected chi connectivity index (χ1v) is 6.34. The maximum Gasteiger partial charge on any atom is 0.256 e. The zero-order valence-corrected chi connectivity index (χ0v) is 11.6. The third-order valence-corrected chi connectivity index (χ3v) is 3.20. The van der Waals surface area contributed by atoms with Crippen LogP contribution in [-0.2, 0) is 6.54 Å². The van der Waals surface area contributed by atoms with Gasteiger partial charge in [-0.05, 0) is 36.2 Å². The molecular formula is C16H17FN2O. The Morgan fingerprint density at radius 1 is 1.20 bits per heavy atom. The molecule has 0 aliphatic heterocycles. The number of carbonyl (C=O) groups is 1. The highest BCUT2D eigenvalue weighted by atomic mass is 19.1. The van der Waals surface area contributed by atoms with Gasteiger partial charge in [-0.15, -0.1) is 0 Å². The van der Waals surface area contributed by atoms with Crippen LogP contribution in [0.15, 0.2) is 42.5 Å². The summed E-state index contributed by atoms with van der Waals surface area (Å²) in [5.74, 6) is -0.421. The molecule has 0 unspecified atom stereocenters. The molecule has 2 N–H and O–H groups in total. The van der Waals surface area contributed by atoms with Crippen molar-refractivity contribution in [1.29, 1.82) is 0 Å². The molecule has 0 aliphatic rings. The normalized spacial score (nSPS) is 10.3. The number of benzene rings is 2. The molecule has 0 saturated carbocycles. The van der Waals surface area contributed by atoms with Crippen molar-refractivity contribution in [2.45, 2.75) is 13.5 Å². The Kier molecular flexibility index (Phi) is 4.03. The zero-order chi connectivity index (χ0) is 14.7. The van der Waals surface area contributed by atoms with Gasteiger partial charge in [0.1, 0.15) is 5.82 Å². The summed E-state index contributed by atoms with van der Waals surface area (Å²) in [6.45, 7) is 2.27. The van der Waals surface area contributed by atoms with Gasteiger partial charge in [0.25, 0.3) is 5.91 Å². The zero-order valence-electron chi connectivity index (χ0n) is 11.6. The Bertz CT molecular complexity index is 603. The highest BCUT2D eigenvalue weighted by molar-refractivity contribution is 6.00. The number of nitrogens with two attached hydrogens (primary N) is 1. The molecule has 2 aromatic rings. The first-order chi connectivity index (χ1) is 9.49. The Balaban J connectivity index is 2.18. The second-order valence-electron chi connectivity index (χ2n) is 4.83. The summed E-state index contributed by atoms with van der Waals surface area (Å²) in [5, 5.41) is 0. The van der Waals surface area contributed by atoms with E-state index in [4.69, 9.17) is 5.73 Å². The Morgan fingerprint density at radius 2 is 1.85 bits per heavy atom. The Morgan fingerprint density at radius 3 is 2.45 bits per heavy atom. The predicted octanol–water partition coefficient (Wildman–Crippen LogP) is 2.99. The molecule has 2 rings (SSSR count). The van der Waals surface area contributed by atoms with Crippen LogP contribution >= 0.6 is 0 Å². The lowest BCUT2D eigenvalue weighted by atomic mass is 10.1. The van der Waals surface area contributed by atoms with E-state index in [9.17, 15) is 9.18 Å². The van der Waals surface area contributed by atoms with E-state index in [0.717, 1.165) is 11.1 Å². The molecule has 20 heavy (non-hydrogen) atoms. The smallest absolute Gasteiger partial charge is 0.256 e. The first kappa shape index (κ1) is 14.1. The van der Waals surface area contributed by atoms with Crippen LogP contribution in [0.4, 0.5) is 10.1 Å². The molecule has 0 fully saturated rings. The average Bonchev–Trinajstić information content (AvgIpc) is 2.41. The minimum absolute atomic E-state index is 0.134. The number of anilines is 1. The number of halogens is 1. The molecule has 1 amide bonds. The van der Waals surface area contributed by atoms with Crippen molar-refractivity contribution in [2.75, 3.05) is 12.8 Å². The fourth-order valence-corrected chi connectivity index (χ4v) is 2.11. The monoisotopic (exact) mass is 272 g/mol. The fourth-order valence-electron chi connectivity index (χ4n) is 2.11. The quantitative estimate of drug-likeness (QED) is 0.873. The second-order valence-corrected chi connectivity index (χ2v) is 4.83. The summed E-state index contributed by atoms with van der Waals surface area (Å²) in [6.07, 6.45) is 0. The van der Waals surface area contributed by atoms with Crippen molar-refractivity contribution in [1.82, 2.24) is 4.90 Å². The lowest BCUT2D eigenvalue weighted by molar-refractivity contribution is 0.0785. The van der Waals surface area contributed by atoms with Gasteiger partial charge in [0.05, 0.1) is 5.56 Å². The molecular weight excluding hydrogens is 255 g/mol. The predicted molar refractivity (Wildman–Crippen MR) is 77.8 cm³/mol. The van der Waals surface area contributed by atoms with Gasteiger partial charge in [0.15, 0.2) is 0 Å². The number of rotatable bonds is 3. The van der Waals surface area contributed by atoms with Gasteiger partial charge < -0.3 is 10.6 Å². The van der Waals surface area contributed by atoms with E-state index < -0.39 is 0 Å². The van der Waals surface area contributed by atoms with Gasteiger partial charge in [-0.1, -0.05) is 24.3 Å². The number of nitrogen functional groups attached to an aromatic ring is 1. The number of aryl methyl sites for hydroxylation is 1. The van der Waals surface area contributed by atoms with Crippen molar-refractivity contribution in [3.05, 3.63) is 65.0 Å². The summed E-state index contributed by atoms with van der Waals surface area (Å²) in [6, 6.07) is 11.5. The molecule has 0 spiro atoms. The van der Waals surface area contributed by atoms with Crippen molar-refractivity contribution in [3.8, 4) is 0 Å². The van der Waals surface area contributed by atoms with Crippen LogP contribution in [0, 0.1) is 12.7 Å². The van der Waals surface area contributed by atoms with Crippen LogP contribution in [0.1, 0.15) is 21.5 Å². The van der Waals surface area contributed by atoms with Crippen LogP contribution in [0.5, 0.6) is 0 Å². The van der Waals surface area contributed by atoms with Crippen molar-refractivity contribution >= 4 is 11.6 Å². The molecule has 3 nitrogen and oxygen atoms in total. The van der Waals surface area contributed by atoms with Gasteiger partial charge in [0.2, 0.25) is 0 Å². The SMILES string of the molecule is Cc1cccc(N)c1C(=O)N(C)Cc1ccc(F)cc1. The van der Waals surface area contributed by atoms with Crippen molar-refractivity contribution < 1.29 is 9.18 Å². The second kappa shape index (κ2) is 5.74. The van der Waals surface area contributed by atoms with Crippen LogP contribution in [0.3, 0.4) is 0 Å². The summed E-state index contributed by atoms with van der Waals surface area (Å²) in [7, 11) is 1.71. The lowest BCUT2D eigenvalue weighted by Gasteiger charge is -2.19. The van der Waals surface area contributed by atoms with E-state index in [-0.39, 0.29) is 11.7 Å². The lowest BCUT2D eigenvalue weighted by Crippen LogP contribution is -2.27. The molecule has 0 radical (unpaired) electrons. The van der Waals surface area contributed by atoms with E-state index in [1.807, 2.05) is 19.1 Å². The van der Waals surface area contributed by atoms with E-state index in [1.54, 1.807) is 30.1 Å². The van der Waals surface area contributed by atoms with E-state index in [0.29, 0.717) is 17.8 Å². The Hall–Kier alpha value is -2.36. The molecule has 104 valence electrons. The summed E-state index contributed by atoms with van der Waals surface area (Å²) in [4.78, 5) is 14.0. The van der Waals surface area contributed by atoms with Gasteiger partial charge in [-0.3, -0.25) is 4.79 Å². The van der Waals surface area contributed by atoms with E-state index in [1.165, 1.54) is 12.1 Å². The average molecular weight is 272 g/mol. The minimum atomic E-state index is -0.286. The van der Waals surface area contributed by atoms with Gasteiger partial charge in [0, 0.05) is 19.3 Å². The standard InChI is InChI=1S/C16H17FN2O/c1-11-4-3-5-14(18)15(11)16(20)19(2)10-12-6-8-13(17)9-7-12/h3-9H,10,18H2,1-2H3. The Labute approximate surface area is 117 Å². The summed E-state index contributed by atoms with van der Waals surface area (Å²) >= 11 is 0. The van der Waals surface area contributed by atoms with Gasteiger partial charge >= 0.3 is 0 Å². The molecule has 0 bridgehead atoms.